The van der Waals surface area contributed by atoms with Gasteiger partial charge in [-0.2, -0.15) is 0 Å². The Morgan fingerprint density at radius 3 is 2.75 bits per heavy atom. The predicted molar refractivity (Wildman–Crippen MR) is 67.1 cm³/mol. The second kappa shape index (κ2) is 5.35. The number of likely N-dealkylation sites (tertiary alicyclic amines) is 1. The Balaban J connectivity index is 1.88. The average molecular weight is 219 g/mol. The van der Waals surface area contributed by atoms with Gasteiger partial charge in [0.05, 0.1) is 0 Å². The van der Waals surface area contributed by atoms with Crippen LogP contribution in [0.25, 0.3) is 0 Å². The van der Waals surface area contributed by atoms with E-state index in [1.807, 2.05) is 0 Å². The monoisotopic (exact) mass is 219 g/mol. The first-order valence-corrected chi connectivity index (χ1v) is 6.16. The van der Waals surface area contributed by atoms with Crippen LogP contribution in [0, 0.1) is 5.92 Å². The fourth-order valence-electron chi connectivity index (χ4n) is 2.07. The van der Waals surface area contributed by atoms with Crippen molar-refractivity contribution in [2.24, 2.45) is 5.92 Å². The molecule has 1 fully saturated rings. The van der Waals surface area contributed by atoms with Crippen molar-refractivity contribution in [3.05, 3.63) is 36.1 Å². The lowest BCUT2D eigenvalue weighted by molar-refractivity contribution is 0.0642. The van der Waals surface area contributed by atoms with E-state index in [2.05, 4.69) is 49.3 Å². The molecule has 2 rings (SSSR count). The van der Waals surface area contributed by atoms with Gasteiger partial charge >= 0.3 is 0 Å². The van der Waals surface area contributed by atoms with E-state index in [1.165, 1.54) is 0 Å². The maximum atomic E-state index is 6.01. The third-order valence-electron chi connectivity index (χ3n) is 3.21. The summed E-state index contributed by atoms with van der Waals surface area (Å²) in [5.41, 5.74) is 0. The fourth-order valence-corrected chi connectivity index (χ4v) is 2.07. The summed E-state index contributed by atoms with van der Waals surface area (Å²) in [5.74, 6) is 1.52. The SMILES string of the molecule is CC1C=CC=C(OC2CCN(C)CC2)C=C1. The first-order chi connectivity index (χ1) is 7.74. The number of rotatable bonds is 2. The minimum atomic E-state index is 0.397. The zero-order valence-electron chi connectivity index (χ0n) is 10.2. The lowest BCUT2D eigenvalue weighted by Gasteiger charge is -2.29. The second-order valence-corrected chi connectivity index (χ2v) is 4.79. The fraction of sp³-hybridized carbons (Fsp3) is 0.571. The largest absolute Gasteiger partial charge is 0.490 e. The Morgan fingerprint density at radius 2 is 2.00 bits per heavy atom. The van der Waals surface area contributed by atoms with Crippen LogP contribution in [-0.2, 0) is 4.74 Å². The molecular weight excluding hydrogens is 198 g/mol. The molecule has 1 aliphatic carbocycles. The minimum Gasteiger partial charge on any atom is -0.490 e. The molecule has 1 heterocycles. The van der Waals surface area contributed by atoms with Crippen LogP contribution >= 0.6 is 0 Å². The average Bonchev–Trinajstić information content (AvgIpc) is 2.47. The van der Waals surface area contributed by atoms with Gasteiger partial charge in [0.2, 0.25) is 0 Å². The summed E-state index contributed by atoms with van der Waals surface area (Å²) in [7, 11) is 2.17. The lowest BCUT2D eigenvalue weighted by Crippen LogP contribution is -2.34. The standard InChI is InChI=1S/C14H21NO/c1-12-4-3-5-13(7-6-12)16-14-8-10-15(2)11-9-14/h3-7,12,14H,8-11H2,1-2H3. The number of allylic oxidation sites excluding steroid dienone is 5. The van der Waals surface area contributed by atoms with Crippen molar-refractivity contribution in [2.75, 3.05) is 20.1 Å². The number of nitrogens with zero attached hydrogens (tertiary/aromatic N) is 1. The Bertz CT molecular complexity index is 309. The zero-order valence-corrected chi connectivity index (χ0v) is 10.2. The van der Waals surface area contributed by atoms with E-state index >= 15 is 0 Å². The Kier molecular flexibility index (Phi) is 3.83. The van der Waals surface area contributed by atoms with Gasteiger partial charge in [-0.3, -0.25) is 0 Å². The lowest BCUT2D eigenvalue weighted by atomic mass is 10.1. The molecule has 88 valence electrons. The molecule has 0 bridgehead atoms. The molecule has 0 aromatic carbocycles. The molecule has 2 heteroatoms. The molecule has 0 saturated carbocycles. The van der Waals surface area contributed by atoms with E-state index in [1.54, 1.807) is 0 Å². The number of hydrogen-bond acceptors (Lipinski definition) is 2. The molecule has 2 nitrogen and oxygen atoms in total. The minimum absolute atomic E-state index is 0.397. The molecular formula is C14H21NO. The van der Waals surface area contributed by atoms with Gasteiger partial charge in [-0.05, 0) is 38.0 Å². The van der Waals surface area contributed by atoms with E-state index in [-0.39, 0.29) is 0 Å². The van der Waals surface area contributed by atoms with Crippen LogP contribution in [0.1, 0.15) is 19.8 Å². The van der Waals surface area contributed by atoms with Crippen molar-refractivity contribution in [2.45, 2.75) is 25.9 Å². The topological polar surface area (TPSA) is 12.5 Å². The molecule has 0 N–H and O–H groups in total. The van der Waals surface area contributed by atoms with Crippen molar-refractivity contribution in [3.63, 3.8) is 0 Å². The Labute approximate surface area is 98.3 Å². The Morgan fingerprint density at radius 1 is 1.25 bits per heavy atom. The quantitative estimate of drug-likeness (QED) is 0.708. The molecule has 0 radical (unpaired) electrons. The van der Waals surface area contributed by atoms with Crippen molar-refractivity contribution in [3.8, 4) is 0 Å². The van der Waals surface area contributed by atoms with Gasteiger partial charge in [-0.15, -0.1) is 0 Å². The van der Waals surface area contributed by atoms with E-state index in [9.17, 15) is 0 Å². The van der Waals surface area contributed by atoms with Crippen LogP contribution in [0.4, 0.5) is 0 Å². The first-order valence-electron chi connectivity index (χ1n) is 6.16. The molecule has 1 saturated heterocycles. The third kappa shape index (κ3) is 3.24. The first kappa shape index (κ1) is 11.5. The highest BCUT2D eigenvalue weighted by Gasteiger charge is 2.18. The maximum absolute atomic E-state index is 6.01. The number of piperidine rings is 1. The third-order valence-corrected chi connectivity index (χ3v) is 3.21. The maximum Gasteiger partial charge on any atom is 0.119 e. The van der Waals surface area contributed by atoms with Gasteiger partial charge in [-0.1, -0.05) is 25.2 Å². The van der Waals surface area contributed by atoms with E-state index in [0.717, 1.165) is 31.7 Å². The van der Waals surface area contributed by atoms with Crippen molar-refractivity contribution in [1.29, 1.82) is 0 Å². The predicted octanol–water partition coefficient (Wildman–Crippen LogP) is 2.74. The van der Waals surface area contributed by atoms with Gasteiger partial charge in [0.15, 0.2) is 0 Å². The summed E-state index contributed by atoms with van der Waals surface area (Å²) < 4.78 is 6.01. The van der Waals surface area contributed by atoms with Crippen molar-refractivity contribution in [1.82, 2.24) is 4.90 Å². The summed E-state index contributed by atoms with van der Waals surface area (Å²) in [6.45, 7) is 4.47. The molecule has 1 unspecified atom stereocenters. The normalized spacial score (nSPS) is 27.6. The summed E-state index contributed by atoms with van der Waals surface area (Å²) in [4.78, 5) is 2.36. The molecule has 1 atom stereocenters. The molecule has 1 aliphatic heterocycles. The summed E-state index contributed by atoms with van der Waals surface area (Å²) >= 11 is 0. The van der Waals surface area contributed by atoms with E-state index < -0.39 is 0 Å². The second-order valence-electron chi connectivity index (χ2n) is 4.79. The van der Waals surface area contributed by atoms with Gasteiger partial charge in [0.25, 0.3) is 0 Å². The molecule has 2 aliphatic rings. The van der Waals surface area contributed by atoms with Crippen LogP contribution in [0.5, 0.6) is 0 Å². The smallest absolute Gasteiger partial charge is 0.119 e. The van der Waals surface area contributed by atoms with Gasteiger partial charge in [0.1, 0.15) is 11.9 Å². The molecule has 0 aromatic rings. The molecule has 0 amide bonds. The van der Waals surface area contributed by atoms with Gasteiger partial charge in [0, 0.05) is 13.1 Å². The van der Waals surface area contributed by atoms with Crippen LogP contribution in [0.3, 0.4) is 0 Å². The van der Waals surface area contributed by atoms with Crippen molar-refractivity contribution < 1.29 is 4.74 Å². The highest BCUT2D eigenvalue weighted by molar-refractivity contribution is 5.24. The number of ether oxygens (including phenoxy) is 1. The summed E-state index contributed by atoms with van der Waals surface area (Å²) in [5, 5.41) is 0. The molecule has 0 aromatic heterocycles. The Hall–Kier alpha value is -1.02. The van der Waals surface area contributed by atoms with Crippen LogP contribution in [0.15, 0.2) is 36.1 Å². The highest BCUT2D eigenvalue weighted by Crippen LogP contribution is 2.18. The molecule has 0 spiro atoms. The summed E-state index contributed by atoms with van der Waals surface area (Å²) in [6.07, 6.45) is 13.3. The van der Waals surface area contributed by atoms with Crippen LogP contribution < -0.4 is 0 Å². The molecule has 16 heavy (non-hydrogen) atoms. The van der Waals surface area contributed by atoms with E-state index in [4.69, 9.17) is 4.74 Å². The van der Waals surface area contributed by atoms with Crippen LogP contribution in [0.2, 0.25) is 0 Å². The highest BCUT2D eigenvalue weighted by atomic mass is 16.5. The van der Waals surface area contributed by atoms with E-state index in [0.29, 0.717) is 12.0 Å². The van der Waals surface area contributed by atoms with Crippen LogP contribution in [-0.4, -0.2) is 31.1 Å². The number of hydrogen-bond donors (Lipinski definition) is 0. The summed E-state index contributed by atoms with van der Waals surface area (Å²) in [6, 6.07) is 0. The van der Waals surface area contributed by atoms with Crippen molar-refractivity contribution >= 4 is 0 Å². The van der Waals surface area contributed by atoms with Gasteiger partial charge < -0.3 is 9.64 Å². The zero-order chi connectivity index (χ0) is 11.4. The van der Waals surface area contributed by atoms with Gasteiger partial charge in [-0.25, -0.2) is 0 Å².